The maximum absolute atomic E-state index is 4.82. The summed E-state index contributed by atoms with van der Waals surface area (Å²) in [5.74, 6) is 0. The van der Waals surface area contributed by atoms with Crippen molar-refractivity contribution in [1.29, 1.82) is 0 Å². The van der Waals surface area contributed by atoms with Crippen molar-refractivity contribution in [1.82, 2.24) is 20.3 Å². The van der Waals surface area contributed by atoms with E-state index in [1.54, 1.807) is 4.80 Å². The van der Waals surface area contributed by atoms with E-state index in [-0.39, 0.29) is 6.04 Å². The molecule has 1 atom stereocenters. The van der Waals surface area contributed by atoms with E-state index >= 15 is 0 Å². The fourth-order valence-electron chi connectivity index (χ4n) is 3.48. The lowest BCUT2D eigenvalue weighted by molar-refractivity contribution is 0.547. The topological polar surface area (TPSA) is 42.7 Å². The van der Waals surface area contributed by atoms with E-state index in [1.165, 1.54) is 16.7 Å². The lowest BCUT2D eigenvalue weighted by Crippen LogP contribution is -2.19. The van der Waals surface area contributed by atoms with E-state index in [4.69, 9.17) is 10.2 Å². The molecule has 4 heteroatoms. The summed E-state index contributed by atoms with van der Waals surface area (Å²) in [6.45, 7) is 5.61. The Hall–Kier alpha value is -3.24. The first-order chi connectivity index (χ1) is 14.2. The molecular formula is C25H26N4. The first kappa shape index (κ1) is 19.1. The Morgan fingerprint density at radius 3 is 2.31 bits per heavy atom. The minimum Gasteiger partial charge on any atom is -0.304 e. The number of hydrogen-bond donors (Lipinski definition) is 1. The second kappa shape index (κ2) is 8.84. The largest absolute Gasteiger partial charge is 0.304 e. The van der Waals surface area contributed by atoms with Crippen LogP contribution in [0.5, 0.6) is 0 Å². The van der Waals surface area contributed by atoms with E-state index < -0.39 is 0 Å². The number of hydrogen-bond acceptors (Lipinski definition) is 3. The first-order valence-electron chi connectivity index (χ1n) is 10.0. The lowest BCUT2D eigenvalue weighted by atomic mass is 10.1. The van der Waals surface area contributed by atoms with Crippen LogP contribution in [0.4, 0.5) is 0 Å². The van der Waals surface area contributed by atoms with Gasteiger partial charge in [-0.1, -0.05) is 90.5 Å². The van der Waals surface area contributed by atoms with Crippen molar-refractivity contribution in [3.63, 3.8) is 0 Å². The minimum absolute atomic E-state index is 0.238. The maximum Gasteiger partial charge on any atom is 0.117 e. The van der Waals surface area contributed by atoms with Gasteiger partial charge in [0.05, 0.1) is 6.54 Å². The van der Waals surface area contributed by atoms with Crippen LogP contribution in [0.25, 0.3) is 11.3 Å². The normalized spacial score (nSPS) is 12.1. The van der Waals surface area contributed by atoms with E-state index in [1.807, 2.05) is 24.3 Å². The monoisotopic (exact) mass is 382 g/mol. The van der Waals surface area contributed by atoms with Gasteiger partial charge < -0.3 is 5.32 Å². The molecule has 4 aromatic rings. The van der Waals surface area contributed by atoms with Crippen LogP contribution >= 0.6 is 0 Å². The Bertz CT molecular complexity index is 1050. The standard InChI is InChI=1S/C25H26N4/c1-19-10-9-11-21(16-19)18-29-27-24(25(28-29)23-14-7-4-8-15-23)17-26-20(2)22-12-5-3-6-13-22/h3-16,20,26H,17-18H2,1-2H3/t20-/m0/s1. The molecule has 0 aliphatic carbocycles. The Labute approximate surface area is 172 Å². The third-order valence-corrected chi connectivity index (χ3v) is 5.05. The van der Waals surface area contributed by atoms with E-state index in [9.17, 15) is 0 Å². The molecule has 4 rings (SSSR count). The molecule has 0 bridgehead atoms. The average molecular weight is 383 g/mol. The summed E-state index contributed by atoms with van der Waals surface area (Å²) in [5.41, 5.74) is 6.71. The molecule has 0 unspecified atom stereocenters. The SMILES string of the molecule is Cc1cccc(Cn2nc(CN[C@@H](C)c3ccccc3)c(-c3ccccc3)n2)c1. The minimum atomic E-state index is 0.238. The van der Waals surface area contributed by atoms with Gasteiger partial charge in [-0.15, -0.1) is 0 Å². The molecule has 0 amide bonds. The molecule has 0 radical (unpaired) electrons. The number of rotatable bonds is 7. The molecule has 0 saturated carbocycles. The fraction of sp³-hybridized carbons (Fsp3) is 0.200. The van der Waals surface area contributed by atoms with E-state index in [0.717, 1.165) is 17.0 Å². The van der Waals surface area contributed by atoms with Gasteiger partial charge in [-0.3, -0.25) is 0 Å². The highest BCUT2D eigenvalue weighted by atomic mass is 15.5. The summed E-state index contributed by atoms with van der Waals surface area (Å²) >= 11 is 0. The molecule has 0 fully saturated rings. The second-order valence-corrected chi connectivity index (χ2v) is 7.39. The van der Waals surface area contributed by atoms with Crippen molar-refractivity contribution in [3.05, 3.63) is 107 Å². The number of benzene rings is 3. The maximum atomic E-state index is 4.82. The molecule has 146 valence electrons. The van der Waals surface area contributed by atoms with E-state index in [2.05, 4.69) is 79.8 Å². The molecule has 1 aromatic heterocycles. The number of nitrogens with zero attached hydrogens (tertiary/aromatic N) is 3. The van der Waals surface area contributed by atoms with Crippen LogP contribution in [0.2, 0.25) is 0 Å². The molecule has 4 nitrogen and oxygen atoms in total. The van der Waals surface area contributed by atoms with Gasteiger partial charge in [-0.05, 0) is 25.0 Å². The van der Waals surface area contributed by atoms with Crippen LogP contribution in [0.1, 0.15) is 35.3 Å². The van der Waals surface area contributed by atoms with Crippen molar-refractivity contribution in [2.75, 3.05) is 0 Å². The zero-order valence-corrected chi connectivity index (χ0v) is 16.9. The number of aryl methyl sites for hydroxylation is 1. The molecule has 0 aliphatic heterocycles. The Morgan fingerprint density at radius 2 is 1.59 bits per heavy atom. The molecule has 0 aliphatic rings. The van der Waals surface area contributed by atoms with Crippen LogP contribution in [0, 0.1) is 6.92 Å². The third-order valence-electron chi connectivity index (χ3n) is 5.05. The van der Waals surface area contributed by atoms with Crippen LogP contribution in [0.3, 0.4) is 0 Å². The molecule has 0 spiro atoms. The van der Waals surface area contributed by atoms with Crippen LogP contribution in [0.15, 0.2) is 84.9 Å². The summed E-state index contributed by atoms with van der Waals surface area (Å²) in [7, 11) is 0. The molecular weight excluding hydrogens is 356 g/mol. The Morgan fingerprint density at radius 1 is 0.862 bits per heavy atom. The summed E-state index contributed by atoms with van der Waals surface area (Å²) in [6, 6.07) is 29.5. The molecule has 3 aromatic carbocycles. The highest BCUT2D eigenvalue weighted by Crippen LogP contribution is 2.21. The van der Waals surface area contributed by atoms with Crippen molar-refractivity contribution >= 4 is 0 Å². The van der Waals surface area contributed by atoms with Crippen molar-refractivity contribution in [2.24, 2.45) is 0 Å². The number of nitrogens with one attached hydrogen (secondary N) is 1. The van der Waals surface area contributed by atoms with Gasteiger partial charge in [0.25, 0.3) is 0 Å². The second-order valence-electron chi connectivity index (χ2n) is 7.39. The first-order valence-corrected chi connectivity index (χ1v) is 10.0. The summed E-state index contributed by atoms with van der Waals surface area (Å²) in [4.78, 5) is 1.81. The Balaban J connectivity index is 1.58. The highest BCUT2D eigenvalue weighted by Gasteiger charge is 2.15. The van der Waals surface area contributed by atoms with Crippen LogP contribution in [-0.2, 0) is 13.1 Å². The molecule has 0 saturated heterocycles. The summed E-state index contributed by atoms with van der Waals surface area (Å²) in [5, 5.41) is 13.2. The zero-order chi connectivity index (χ0) is 20.1. The van der Waals surface area contributed by atoms with Gasteiger partial charge in [0.2, 0.25) is 0 Å². The average Bonchev–Trinajstić information content (AvgIpc) is 3.16. The van der Waals surface area contributed by atoms with Crippen molar-refractivity contribution < 1.29 is 0 Å². The number of aromatic nitrogens is 3. The van der Waals surface area contributed by atoms with Gasteiger partial charge in [0, 0.05) is 18.2 Å². The smallest absolute Gasteiger partial charge is 0.117 e. The third kappa shape index (κ3) is 4.79. The highest BCUT2D eigenvalue weighted by molar-refractivity contribution is 5.60. The Kier molecular flexibility index (Phi) is 5.82. The summed E-state index contributed by atoms with van der Waals surface area (Å²) in [6.07, 6.45) is 0. The van der Waals surface area contributed by atoms with Crippen molar-refractivity contribution in [3.8, 4) is 11.3 Å². The molecule has 1 N–H and O–H groups in total. The lowest BCUT2D eigenvalue weighted by Gasteiger charge is -2.13. The van der Waals surface area contributed by atoms with Gasteiger partial charge in [0.1, 0.15) is 11.4 Å². The van der Waals surface area contributed by atoms with Gasteiger partial charge in [-0.25, -0.2) is 0 Å². The van der Waals surface area contributed by atoms with E-state index in [0.29, 0.717) is 13.1 Å². The van der Waals surface area contributed by atoms with Crippen molar-refractivity contribution in [2.45, 2.75) is 33.0 Å². The van der Waals surface area contributed by atoms with Gasteiger partial charge in [0.15, 0.2) is 0 Å². The summed E-state index contributed by atoms with van der Waals surface area (Å²) < 4.78 is 0. The van der Waals surface area contributed by atoms with Crippen LogP contribution < -0.4 is 5.32 Å². The zero-order valence-electron chi connectivity index (χ0n) is 16.9. The van der Waals surface area contributed by atoms with Crippen LogP contribution in [-0.4, -0.2) is 15.0 Å². The molecule has 29 heavy (non-hydrogen) atoms. The quantitative estimate of drug-likeness (QED) is 0.480. The fourth-order valence-corrected chi connectivity index (χ4v) is 3.48. The van der Waals surface area contributed by atoms with Gasteiger partial charge in [-0.2, -0.15) is 15.0 Å². The van der Waals surface area contributed by atoms with Gasteiger partial charge >= 0.3 is 0 Å². The predicted molar refractivity (Wildman–Crippen MR) is 117 cm³/mol. The predicted octanol–water partition coefficient (Wildman–Crippen LogP) is 5.15. The molecule has 1 heterocycles.